The maximum absolute atomic E-state index is 5.65. The van der Waals surface area contributed by atoms with E-state index in [1.807, 2.05) is 36.0 Å². The van der Waals surface area contributed by atoms with E-state index in [0.29, 0.717) is 11.9 Å². The van der Waals surface area contributed by atoms with Crippen molar-refractivity contribution in [1.29, 1.82) is 0 Å². The van der Waals surface area contributed by atoms with E-state index in [0.717, 1.165) is 24.8 Å². The number of hydrogen-bond donors (Lipinski definition) is 2. The molecule has 21 heavy (non-hydrogen) atoms. The van der Waals surface area contributed by atoms with Crippen LogP contribution in [0, 0.1) is 6.92 Å². The molecule has 0 fully saturated rings. The van der Waals surface area contributed by atoms with Crippen LogP contribution < -0.4 is 15.4 Å². The lowest BCUT2D eigenvalue weighted by Gasteiger charge is -2.14. The Kier molecular flexibility index (Phi) is 11.6. The molecule has 1 atom stereocenters. The highest BCUT2D eigenvalue weighted by atomic mass is 127. The first-order chi connectivity index (χ1) is 9.65. The van der Waals surface area contributed by atoms with Crippen LogP contribution in [0.2, 0.25) is 0 Å². The Bertz CT molecular complexity index is 412. The van der Waals surface area contributed by atoms with Gasteiger partial charge in [0.15, 0.2) is 5.96 Å². The molecule has 0 spiro atoms. The van der Waals surface area contributed by atoms with Gasteiger partial charge in [0.05, 0.1) is 6.54 Å². The first-order valence-electron chi connectivity index (χ1n) is 6.82. The normalized spacial score (nSPS) is 12.3. The van der Waals surface area contributed by atoms with Gasteiger partial charge in [-0.3, -0.25) is 4.99 Å². The number of nitrogens with one attached hydrogen (secondary N) is 2. The molecule has 4 nitrogen and oxygen atoms in total. The predicted molar refractivity (Wildman–Crippen MR) is 104 cm³/mol. The molecule has 0 aliphatic rings. The van der Waals surface area contributed by atoms with Crippen molar-refractivity contribution < 1.29 is 4.74 Å². The lowest BCUT2D eigenvalue weighted by Crippen LogP contribution is -2.41. The van der Waals surface area contributed by atoms with Crippen molar-refractivity contribution in [1.82, 2.24) is 10.6 Å². The van der Waals surface area contributed by atoms with Crippen LogP contribution in [-0.2, 0) is 0 Å². The number of aryl methyl sites for hydroxylation is 1. The summed E-state index contributed by atoms with van der Waals surface area (Å²) in [4.78, 5) is 4.18. The second-order valence-electron chi connectivity index (χ2n) is 4.59. The van der Waals surface area contributed by atoms with E-state index in [9.17, 15) is 0 Å². The molecule has 0 amide bonds. The van der Waals surface area contributed by atoms with Crippen LogP contribution in [0.4, 0.5) is 0 Å². The number of rotatable bonds is 7. The van der Waals surface area contributed by atoms with Crippen molar-refractivity contribution >= 4 is 41.7 Å². The molecule has 0 aliphatic heterocycles. The van der Waals surface area contributed by atoms with Gasteiger partial charge in [0.2, 0.25) is 0 Å². The van der Waals surface area contributed by atoms with Gasteiger partial charge >= 0.3 is 0 Å². The summed E-state index contributed by atoms with van der Waals surface area (Å²) in [6, 6.07) is 8.07. The molecule has 0 bridgehead atoms. The molecular weight excluding hydrogens is 397 g/mol. The largest absolute Gasteiger partial charge is 0.492 e. The average Bonchev–Trinajstić information content (AvgIpc) is 2.48. The maximum atomic E-state index is 5.65. The van der Waals surface area contributed by atoms with Gasteiger partial charge in [0.25, 0.3) is 0 Å². The van der Waals surface area contributed by atoms with Crippen molar-refractivity contribution in [2.45, 2.75) is 19.1 Å². The predicted octanol–water partition coefficient (Wildman–Crippen LogP) is 2.91. The van der Waals surface area contributed by atoms with E-state index in [4.69, 9.17) is 4.74 Å². The summed E-state index contributed by atoms with van der Waals surface area (Å²) < 4.78 is 5.65. The zero-order valence-electron chi connectivity index (χ0n) is 13.2. The molecule has 1 rings (SSSR count). The fourth-order valence-electron chi connectivity index (χ4n) is 1.52. The topological polar surface area (TPSA) is 45.7 Å². The standard InChI is InChI=1S/C15H25N3OS.HI/c1-12-5-7-14(8-6-12)19-10-9-17-15(16-3)18-11-13(2)20-4;/h5-8,13H,9-11H2,1-4H3,(H2,16,17,18);1H. The second kappa shape index (κ2) is 12.0. The van der Waals surface area contributed by atoms with Crippen molar-refractivity contribution in [3.63, 3.8) is 0 Å². The van der Waals surface area contributed by atoms with Crippen molar-refractivity contribution in [3.8, 4) is 5.75 Å². The number of thioether (sulfide) groups is 1. The van der Waals surface area contributed by atoms with Crippen LogP contribution in [-0.4, -0.2) is 44.2 Å². The molecule has 1 aromatic rings. The Morgan fingerprint density at radius 2 is 1.95 bits per heavy atom. The number of aliphatic imine (C=N–C) groups is 1. The third-order valence-corrected chi connectivity index (χ3v) is 3.84. The van der Waals surface area contributed by atoms with Crippen LogP contribution in [0.25, 0.3) is 0 Å². The third kappa shape index (κ3) is 9.08. The zero-order chi connectivity index (χ0) is 14.8. The molecule has 1 unspecified atom stereocenters. The fraction of sp³-hybridized carbons (Fsp3) is 0.533. The SMILES string of the molecule is CN=C(NCCOc1ccc(C)cc1)NCC(C)SC.I. The van der Waals surface area contributed by atoms with E-state index in [1.54, 1.807) is 7.05 Å². The Labute approximate surface area is 149 Å². The Morgan fingerprint density at radius 1 is 1.29 bits per heavy atom. The van der Waals surface area contributed by atoms with Crippen LogP contribution in [0.5, 0.6) is 5.75 Å². The second-order valence-corrected chi connectivity index (χ2v) is 5.86. The van der Waals surface area contributed by atoms with Gasteiger partial charge in [-0.2, -0.15) is 11.8 Å². The molecule has 0 aromatic heterocycles. The monoisotopic (exact) mass is 423 g/mol. The summed E-state index contributed by atoms with van der Waals surface area (Å²) in [5.41, 5.74) is 1.24. The van der Waals surface area contributed by atoms with E-state index in [-0.39, 0.29) is 24.0 Å². The van der Waals surface area contributed by atoms with Crippen molar-refractivity contribution in [2.24, 2.45) is 4.99 Å². The number of guanidine groups is 1. The van der Waals surface area contributed by atoms with Crippen LogP contribution >= 0.6 is 35.7 Å². The van der Waals surface area contributed by atoms with Gasteiger partial charge < -0.3 is 15.4 Å². The van der Waals surface area contributed by atoms with E-state index in [2.05, 4.69) is 35.7 Å². The summed E-state index contributed by atoms with van der Waals surface area (Å²) in [6.45, 7) is 6.49. The van der Waals surface area contributed by atoms with Gasteiger partial charge in [-0.25, -0.2) is 0 Å². The van der Waals surface area contributed by atoms with Crippen LogP contribution in [0.15, 0.2) is 29.3 Å². The molecule has 2 N–H and O–H groups in total. The quantitative estimate of drug-likeness (QED) is 0.307. The molecule has 120 valence electrons. The van der Waals surface area contributed by atoms with Gasteiger partial charge in [0.1, 0.15) is 12.4 Å². The maximum Gasteiger partial charge on any atom is 0.191 e. The highest BCUT2D eigenvalue weighted by Gasteiger charge is 2.01. The third-order valence-electron chi connectivity index (χ3n) is 2.87. The Morgan fingerprint density at radius 3 is 2.52 bits per heavy atom. The van der Waals surface area contributed by atoms with E-state index < -0.39 is 0 Å². The number of halogens is 1. The molecule has 0 saturated carbocycles. The van der Waals surface area contributed by atoms with Gasteiger partial charge in [-0.1, -0.05) is 24.6 Å². The van der Waals surface area contributed by atoms with Gasteiger partial charge in [-0.15, -0.1) is 24.0 Å². The fourth-order valence-corrected chi connectivity index (χ4v) is 1.77. The lowest BCUT2D eigenvalue weighted by atomic mass is 10.2. The molecule has 0 radical (unpaired) electrons. The minimum absolute atomic E-state index is 0. The molecular formula is C15H26IN3OS. The number of hydrogen-bond acceptors (Lipinski definition) is 3. The van der Waals surface area contributed by atoms with E-state index >= 15 is 0 Å². The first-order valence-corrected chi connectivity index (χ1v) is 8.11. The van der Waals surface area contributed by atoms with Crippen molar-refractivity contribution in [2.75, 3.05) is 33.0 Å². The molecule has 6 heteroatoms. The molecule has 1 aromatic carbocycles. The molecule has 0 heterocycles. The Hall–Kier alpha value is -0.630. The zero-order valence-corrected chi connectivity index (χ0v) is 16.3. The summed E-state index contributed by atoms with van der Waals surface area (Å²) in [5.74, 6) is 1.72. The summed E-state index contributed by atoms with van der Waals surface area (Å²) >= 11 is 1.83. The highest BCUT2D eigenvalue weighted by molar-refractivity contribution is 14.0. The number of ether oxygens (including phenoxy) is 1. The summed E-state index contributed by atoms with van der Waals surface area (Å²) in [5, 5.41) is 7.09. The minimum Gasteiger partial charge on any atom is -0.492 e. The number of benzene rings is 1. The summed E-state index contributed by atoms with van der Waals surface area (Å²) in [7, 11) is 1.78. The molecule has 0 saturated heterocycles. The number of nitrogens with zero attached hydrogens (tertiary/aromatic N) is 1. The lowest BCUT2D eigenvalue weighted by molar-refractivity contribution is 0.322. The first kappa shape index (κ1) is 20.4. The molecule has 0 aliphatic carbocycles. The smallest absolute Gasteiger partial charge is 0.191 e. The van der Waals surface area contributed by atoms with Crippen LogP contribution in [0.3, 0.4) is 0 Å². The van der Waals surface area contributed by atoms with Gasteiger partial charge in [-0.05, 0) is 25.3 Å². The summed E-state index contributed by atoms with van der Waals surface area (Å²) in [6.07, 6.45) is 2.11. The van der Waals surface area contributed by atoms with E-state index in [1.165, 1.54) is 5.56 Å². The van der Waals surface area contributed by atoms with Crippen molar-refractivity contribution in [3.05, 3.63) is 29.8 Å². The van der Waals surface area contributed by atoms with Gasteiger partial charge in [0, 0.05) is 18.8 Å². The highest BCUT2D eigenvalue weighted by Crippen LogP contribution is 2.10. The average molecular weight is 423 g/mol. The minimum atomic E-state index is 0. The van der Waals surface area contributed by atoms with Crippen LogP contribution in [0.1, 0.15) is 12.5 Å². The Balaban J connectivity index is 0.00000400.